The van der Waals surface area contributed by atoms with Crippen LogP contribution < -0.4 is 10.6 Å². The lowest BCUT2D eigenvalue weighted by Crippen LogP contribution is -2.38. The first kappa shape index (κ1) is 28.6. The number of carbonyl (C=O) groups is 1. The second kappa shape index (κ2) is 12.8. The van der Waals surface area contributed by atoms with Gasteiger partial charge in [0.15, 0.2) is 12.0 Å². The van der Waals surface area contributed by atoms with Crippen LogP contribution in [0.15, 0.2) is 35.4 Å². The van der Waals surface area contributed by atoms with Crippen LogP contribution in [0.1, 0.15) is 94.5 Å². The second-order valence-electron chi connectivity index (χ2n) is 11.8. The number of ether oxygens (including phenoxy) is 2. The Morgan fingerprint density at radius 3 is 2.68 bits per heavy atom. The lowest BCUT2D eigenvalue weighted by atomic mass is 9.86. The van der Waals surface area contributed by atoms with E-state index in [1.54, 1.807) is 0 Å². The van der Waals surface area contributed by atoms with Gasteiger partial charge in [-0.15, -0.1) is 23.1 Å². The number of benzene rings is 1. The number of rotatable bonds is 9. The molecule has 2 aliphatic carbocycles. The van der Waals surface area contributed by atoms with Crippen molar-refractivity contribution in [1.82, 2.24) is 20.1 Å². The smallest absolute Gasteiger partial charge is 0.407 e. The average Bonchev–Trinajstić information content (AvgIpc) is 3.49. The first-order chi connectivity index (χ1) is 19.9. The zero-order valence-corrected chi connectivity index (χ0v) is 25.9. The van der Waals surface area contributed by atoms with Crippen LogP contribution in [0.2, 0.25) is 0 Å². The number of anilines is 2. The van der Waals surface area contributed by atoms with E-state index in [9.17, 15) is 4.79 Å². The van der Waals surface area contributed by atoms with Gasteiger partial charge in [-0.1, -0.05) is 6.07 Å². The van der Waals surface area contributed by atoms with E-state index in [0.29, 0.717) is 11.2 Å². The van der Waals surface area contributed by atoms with Crippen LogP contribution in [0.25, 0.3) is 10.4 Å². The van der Waals surface area contributed by atoms with Crippen molar-refractivity contribution in [3.63, 3.8) is 0 Å². The van der Waals surface area contributed by atoms with Crippen LogP contribution in [0.3, 0.4) is 0 Å². The highest BCUT2D eigenvalue weighted by molar-refractivity contribution is 8.00. The summed E-state index contributed by atoms with van der Waals surface area (Å²) in [7, 11) is 0. The van der Waals surface area contributed by atoms with E-state index >= 15 is 0 Å². The van der Waals surface area contributed by atoms with Crippen molar-refractivity contribution in [3.05, 3.63) is 41.2 Å². The molecule has 2 N–H and O–H groups in total. The van der Waals surface area contributed by atoms with Crippen LogP contribution >= 0.6 is 23.1 Å². The van der Waals surface area contributed by atoms with Crippen LogP contribution in [0.4, 0.5) is 16.3 Å². The molecule has 2 saturated carbocycles. The van der Waals surface area contributed by atoms with Crippen molar-refractivity contribution < 1.29 is 14.3 Å². The summed E-state index contributed by atoms with van der Waals surface area (Å²) in [6, 6.07) is 8.95. The van der Waals surface area contributed by atoms with Crippen LogP contribution in [-0.2, 0) is 9.47 Å². The molecule has 3 fully saturated rings. The minimum atomic E-state index is -0.305. The SMILES string of the molecule is Cc1cc(Nc2ccc(-c3cnc(C4CCC(NC(=O)OC(C)C)CC4)s3)c(SC3CC3)c2)nn1C1CCCCO1. The Labute approximate surface area is 251 Å². The number of nitrogens with one attached hydrogen (secondary N) is 2. The van der Waals surface area contributed by atoms with Crippen LogP contribution in [-0.4, -0.2) is 44.9 Å². The molecule has 1 atom stereocenters. The van der Waals surface area contributed by atoms with Gasteiger partial charge in [0.25, 0.3) is 0 Å². The third-order valence-corrected chi connectivity index (χ3v) is 10.5. The normalized spacial score (nSPS) is 23.0. The van der Waals surface area contributed by atoms with Gasteiger partial charge < -0.3 is 20.1 Å². The van der Waals surface area contributed by atoms with Gasteiger partial charge in [-0.05, 0) is 90.7 Å². The molecule has 220 valence electrons. The monoisotopic (exact) mass is 595 g/mol. The molecule has 1 aromatic carbocycles. The van der Waals surface area contributed by atoms with Crippen molar-refractivity contribution >= 4 is 40.7 Å². The maximum absolute atomic E-state index is 12.0. The highest BCUT2D eigenvalue weighted by Gasteiger charge is 2.28. The molecule has 8 nitrogen and oxygen atoms in total. The predicted octanol–water partition coefficient (Wildman–Crippen LogP) is 8.17. The lowest BCUT2D eigenvalue weighted by Gasteiger charge is -2.28. The van der Waals surface area contributed by atoms with Gasteiger partial charge in [0.1, 0.15) is 0 Å². The standard InChI is InChI=1S/C31H41N5O3S2/c1-19(2)39-31(37)34-22-9-7-21(8-10-22)30-32-18-27(41-30)25-14-11-23(17-26(25)40-24-12-13-24)33-28-16-20(3)36(35-28)29-6-4-5-15-38-29/h11,14,16-19,21-22,24,29H,4-10,12-13,15H2,1-3H3,(H,33,35)(H,34,37). The first-order valence-corrected chi connectivity index (χ1v) is 16.8. The van der Waals surface area contributed by atoms with Crippen LogP contribution in [0.5, 0.6) is 0 Å². The van der Waals surface area contributed by atoms with E-state index in [4.69, 9.17) is 19.6 Å². The van der Waals surface area contributed by atoms with Gasteiger partial charge in [-0.25, -0.2) is 14.5 Å². The number of nitrogens with zero attached hydrogens (tertiary/aromatic N) is 3. The van der Waals surface area contributed by atoms with Crippen molar-refractivity contribution in [1.29, 1.82) is 0 Å². The fourth-order valence-electron chi connectivity index (χ4n) is 5.67. The summed E-state index contributed by atoms with van der Waals surface area (Å²) in [5.41, 5.74) is 3.43. The predicted molar refractivity (Wildman–Crippen MR) is 165 cm³/mol. The molecule has 2 aromatic heterocycles. The molecule has 3 aromatic rings. The Hall–Kier alpha value is -2.56. The van der Waals surface area contributed by atoms with E-state index < -0.39 is 0 Å². The van der Waals surface area contributed by atoms with E-state index in [2.05, 4.69) is 48.0 Å². The Morgan fingerprint density at radius 1 is 1.12 bits per heavy atom. The van der Waals surface area contributed by atoms with Crippen molar-refractivity contribution in [2.24, 2.45) is 0 Å². The number of thioether (sulfide) groups is 1. The Morgan fingerprint density at radius 2 is 1.95 bits per heavy atom. The molecular weight excluding hydrogens is 555 g/mol. The molecule has 1 unspecified atom stereocenters. The molecule has 3 aliphatic rings. The second-order valence-corrected chi connectivity index (χ2v) is 14.2. The topological polar surface area (TPSA) is 90.3 Å². The van der Waals surface area contributed by atoms with Crippen molar-refractivity contribution in [2.75, 3.05) is 11.9 Å². The minimum absolute atomic E-state index is 0.0379. The van der Waals surface area contributed by atoms with Gasteiger partial charge in [0.2, 0.25) is 0 Å². The molecule has 0 spiro atoms. The van der Waals surface area contributed by atoms with E-state index in [0.717, 1.165) is 62.3 Å². The largest absolute Gasteiger partial charge is 0.447 e. The van der Waals surface area contributed by atoms with Crippen molar-refractivity contribution in [3.8, 4) is 10.4 Å². The van der Waals surface area contributed by atoms with Gasteiger partial charge >= 0.3 is 6.09 Å². The number of alkyl carbamates (subject to hydrolysis) is 1. The average molecular weight is 596 g/mol. The van der Waals surface area contributed by atoms with Gasteiger partial charge in [-0.2, -0.15) is 5.10 Å². The number of aryl methyl sites for hydroxylation is 1. The molecule has 6 rings (SSSR count). The molecule has 0 radical (unpaired) electrons. The van der Waals surface area contributed by atoms with Gasteiger partial charge in [0, 0.05) is 57.9 Å². The summed E-state index contributed by atoms with van der Waals surface area (Å²) in [6.07, 6.45) is 11.6. The Bertz CT molecular complexity index is 1340. The number of hydrogen-bond acceptors (Lipinski definition) is 8. The lowest BCUT2D eigenvalue weighted by molar-refractivity contribution is -0.0404. The Kier molecular flexibility index (Phi) is 8.88. The third-order valence-electron chi connectivity index (χ3n) is 7.95. The molecule has 1 aliphatic heterocycles. The maximum Gasteiger partial charge on any atom is 0.407 e. The molecular formula is C31H41N5O3S2. The minimum Gasteiger partial charge on any atom is -0.447 e. The van der Waals surface area contributed by atoms with Gasteiger partial charge in [-0.3, -0.25) is 0 Å². The first-order valence-electron chi connectivity index (χ1n) is 15.1. The highest BCUT2D eigenvalue weighted by atomic mass is 32.2. The highest BCUT2D eigenvalue weighted by Crippen LogP contribution is 2.46. The molecule has 1 amide bonds. The maximum atomic E-state index is 12.0. The number of amides is 1. The Balaban J connectivity index is 1.13. The zero-order chi connectivity index (χ0) is 28.3. The van der Waals surface area contributed by atoms with E-state index in [-0.39, 0.29) is 24.5 Å². The summed E-state index contributed by atoms with van der Waals surface area (Å²) in [5, 5.41) is 13.3. The van der Waals surface area contributed by atoms with Gasteiger partial charge in [0.05, 0.1) is 16.0 Å². The summed E-state index contributed by atoms with van der Waals surface area (Å²) in [4.78, 5) is 19.4. The fraction of sp³-hybridized carbons (Fsp3) is 0.581. The van der Waals surface area contributed by atoms with E-state index in [1.165, 1.54) is 39.6 Å². The summed E-state index contributed by atoms with van der Waals surface area (Å²) < 4.78 is 13.2. The molecule has 3 heterocycles. The van der Waals surface area contributed by atoms with E-state index in [1.807, 2.05) is 41.6 Å². The number of thiazole rings is 1. The molecule has 41 heavy (non-hydrogen) atoms. The third kappa shape index (κ3) is 7.27. The number of carbonyl (C=O) groups excluding carboxylic acids is 1. The summed E-state index contributed by atoms with van der Waals surface area (Å²) >= 11 is 3.81. The molecule has 10 heteroatoms. The molecule has 0 bridgehead atoms. The molecule has 1 saturated heterocycles. The van der Waals surface area contributed by atoms with Crippen LogP contribution in [0, 0.1) is 6.92 Å². The fourth-order valence-corrected chi connectivity index (χ4v) is 8.09. The quantitative estimate of drug-likeness (QED) is 0.258. The zero-order valence-electron chi connectivity index (χ0n) is 24.2. The number of hydrogen-bond donors (Lipinski definition) is 2. The van der Waals surface area contributed by atoms with Crippen molar-refractivity contribution in [2.45, 2.75) is 113 Å². The number of aromatic nitrogens is 3. The summed E-state index contributed by atoms with van der Waals surface area (Å²) in [5.74, 6) is 1.30. The summed E-state index contributed by atoms with van der Waals surface area (Å²) in [6.45, 7) is 6.65.